The molecule has 0 N–H and O–H groups in total. The number of carbonyl (C=O) groups is 1. The SMILES string of the molecule is Cn1cc(-n2cc(-c3ccccc3)c3c(N4C(F)CN(C(=O)OF)C(F)C4CC(C)(C)C)ncnc32)cn1. The summed E-state index contributed by atoms with van der Waals surface area (Å²) in [6, 6.07) is 8.28. The van der Waals surface area contributed by atoms with Crippen molar-refractivity contribution < 1.29 is 23.0 Å². The van der Waals surface area contributed by atoms with E-state index in [0.29, 0.717) is 21.5 Å². The van der Waals surface area contributed by atoms with Crippen LogP contribution < -0.4 is 4.90 Å². The largest absolute Gasteiger partial charge is 0.449 e. The Kier molecular flexibility index (Phi) is 6.49. The van der Waals surface area contributed by atoms with Crippen LogP contribution >= 0.6 is 0 Å². The summed E-state index contributed by atoms with van der Waals surface area (Å²) < 4.78 is 48.1. The highest BCUT2D eigenvalue weighted by Crippen LogP contribution is 2.42. The Hall–Kier alpha value is -4.09. The average Bonchev–Trinajstić information content (AvgIpc) is 3.49. The molecule has 5 rings (SSSR count). The molecule has 0 bridgehead atoms. The molecule has 4 heterocycles. The van der Waals surface area contributed by atoms with Gasteiger partial charge in [0.25, 0.3) is 0 Å². The normalized spacial score (nSPS) is 20.2. The van der Waals surface area contributed by atoms with Crippen molar-refractivity contribution in [3.05, 3.63) is 55.2 Å². The Morgan fingerprint density at radius 2 is 1.87 bits per heavy atom. The lowest BCUT2D eigenvalue weighted by atomic mass is 9.86. The van der Waals surface area contributed by atoms with Gasteiger partial charge < -0.3 is 4.90 Å². The standard InChI is InChI=1S/C26H28F3N7O2/c1-26(2,3)10-19-22(28)35(25(37)38-29)14-20(27)36(19)24-21-18(16-8-6-5-7-9-16)13-34(23(21)30-15-31-24)17-11-32-33(4)12-17/h5-9,11-13,15,19-20,22H,10,14H2,1-4H3. The van der Waals surface area contributed by atoms with E-state index in [9.17, 15) is 9.32 Å². The third-order valence-corrected chi connectivity index (χ3v) is 6.61. The maximum absolute atomic E-state index is 16.0. The lowest BCUT2D eigenvalue weighted by molar-refractivity contribution is -0.105. The fourth-order valence-corrected chi connectivity index (χ4v) is 5.04. The molecule has 200 valence electrons. The number of halogens is 3. The molecule has 1 saturated heterocycles. The second-order valence-corrected chi connectivity index (χ2v) is 10.6. The second kappa shape index (κ2) is 9.66. The Bertz CT molecular complexity index is 1450. The van der Waals surface area contributed by atoms with Gasteiger partial charge in [-0.1, -0.05) is 51.1 Å². The van der Waals surface area contributed by atoms with E-state index < -0.39 is 36.7 Å². The van der Waals surface area contributed by atoms with Crippen LogP contribution in [0, 0.1) is 5.41 Å². The molecule has 1 fully saturated rings. The van der Waals surface area contributed by atoms with Gasteiger partial charge in [-0.15, -0.1) is 0 Å². The summed E-state index contributed by atoms with van der Waals surface area (Å²) in [5.41, 5.74) is 2.28. The highest BCUT2D eigenvalue weighted by molar-refractivity contribution is 6.02. The molecule has 3 aromatic heterocycles. The second-order valence-electron chi connectivity index (χ2n) is 10.6. The number of alkyl halides is 2. The minimum Gasteiger partial charge on any atom is -0.317 e. The predicted octanol–water partition coefficient (Wildman–Crippen LogP) is 5.36. The number of rotatable bonds is 4. The van der Waals surface area contributed by atoms with Crippen LogP contribution in [-0.2, 0) is 12.0 Å². The van der Waals surface area contributed by atoms with Crippen molar-refractivity contribution in [3.63, 3.8) is 0 Å². The summed E-state index contributed by atoms with van der Waals surface area (Å²) in [6.45, 7) is 4.89. The molecule has 1 aromatic carbocycles. The Morgan fingerprint density at radius 1 is 1.13 bits per heavy atom. The lowest BCUT2D eigenvalue weighted by Crippen LogP contribution is -2.63. The van der Waals surface area contributed by atoms with E-state index in [1.165, 1.54) is 11.2 Å². The molecular weight excluding hydrogens is 499 g/mol. The highest BCUT2D eigenvalue weighted by Gasteiger charge is 2.48. The van der Waals surface area contributed by atoms with E-state index in [-0.39, 0.29) is 12.2 Å². The summed E-state index contributed by atoms with van der Waals surface area (Å²) >= 11 is 0. The summed E-state index contributed by atoms with van der Waals surface area (Å²) in [5.74, 6) is 0.175. The van der Waals surface area contributed by atoms with Crippen molar-refractivity contribution in [3.8, 4) is 16.8 Å². The molecule has 0 aliphatic carbocycles. The molecular formula is C26H28F3N7O2. The topological polar surface area (TPSA) is 81.3 Å². The number of hydrogen-bond donors (Lipinski definition) is 0. The molecule has 3 atom stereocenters. The summed E-state index contributed by atoms with van der Waals surface area (Å²) in [4.78, 5) is 25.9. The first-order chi connectivity index (χ1) is 18.1. The number of piperazine rings is 1. The van der Waals surface area contributed by atoms with Gasteiger partial charge in [-0.3, -0.25) is 14.1 Å². The zero-order valence-corrected chi connectivity index (χ0v) is 21.4. The fourth-order valence-electron chi connectivity index (χ4n) is 5.04. The fraction of sp³-hybridized carbons (Fsp3) is 0.385. The number of fused-ring (bicyclic) bond motifs is 1. The molecule has 4 aromatic rings. The van der Waals surface area contributed by atoms with Gasteiger partial charge in [0.1, 0.15) is 12.1 Å². The van der Waals surface area contributed by atoms with Crippen LogP contribution in [-0.4, -0.2) is 60.5 Å². The van der Waals surface area contributed by atoms with E-state index >= 15 is 8.78 Å². The van der Waals surface area contributed by atoms with Crippen LogP contribution in [0.2, 0.25) is 0 Å². The van der Waals surface area contributed by atoms with Gasteiger partial charge in [-0.2, -0.15) is 5.10 Å². The Morgan fingerprint density at radius 3 is 2.50 bits per heavy atom. The maximum Gasteiger partial charge on any atom is 0.449 e. The Balaban J connectivity index is 1.74. The number of aromatic nitrogens is 5. The van der Waals surface area contributed by atoms with Crippen molar-refractivity contribution in [2.24, 2.45) is 12.5 Å². The molecule has 0 spiro atoms. The zero-order valence-electron chi connectivity index (χ0n) is 21.4. The van der Waals surface area contributed by atoms with E-state index in [4.69, 9.17) is 0 Å². The van der Waals surface area contributed by atoms with Gasteiger partial charge in [-0.25, -0.2) is 28.5 Å². The highest BCUT2D eigenvalue weighted by atomic mass is 19.3. The quantitative estimate of drug-likeness (QED) is 0.333. The molecule has 1 aliphatic heterocycles. The summed E-state index contributed by atoms with van der Waals surface area (Å²) in [5, 5.41) is 4.77. The summed E-state index contributed by atoms with van der Waals surface area (Å²) in [6.07, 6.45) is 1.29. The number of amides is 1. The molecule has 3 unspecified atom stereocenters. The minimum atomic E-state index is -2.05. The molecule has 1 aliphatic rings. The van der Waals surface area contributed by atoms with Gasteiger partial charge in [0.15, 0.2) is 18.2 Å². The van der Waals surface area contributed by atoms with Gasteiger partial charge in [-0.05, 0) is 17.4 Å². The van der Waals surface area contributed by atoms with Crippen molar-refractivity contribution in [2.45, 2.75) is 45.8 Å². The predicted molar refractivity (Wildman–Crippen MR) is 135 cm³/mol. The van der Waals surface area contributed by atoms with E-state index in [2.05, 4.69) is 20.0 Å². The Labute approximate surface area is 217 Å². The first-order valence-electron chi connectivity index (χ1n) is 12.1. The van der Waals surface area contributed by atoms with Crippen LogP contribution in [0.4, 0.5) is 23.9 Å². The van der Waals surface area contributed by atoms with Crippen molar-refractivity contribution in [1.29, 1.82) is 0 Å². The maximum atomic E-state index is 16.0. The average molecular weight is 528 g/mol. The minimum absolute atomic E-state index is 0.139. The molecule has 0 saturated carbocycles. The van der Waals surface area contributed by atoms with Crippen molar-refractivity contribution in [1.82, 2.24) is 29.2 Å². The number of anilines is 1. The smallest absolute Gasteiger partial charge is 0.317 e. The number of nitrogens with zero attached hydrogens (tertiary/aromatic N) is 7. The zero-order chi connectivity index (χ0) is 27.2. The third kappa shape index (κ3) is 4.54. The first kappa shape index (κ1) is 25.6. The van der Waals surface area contributed by atoms with Gasteiger partial charge in [0.2, 0.25) is 0 Å². The number of benzene rings is 1. The van der Waals surface area contributed by atoms with Crippen molar-refractivity contribution >= 4 is 22.9 Å². The van der Waals surface area contributed by atoms with Crippen LogP contribution in [0.1, 0.15) is 27.2 Å². The van der Waals surface area contributed by atoms with Crippen LogP contribution in [0.25, 0.3) is 27.8 Å². The summed E-state index contributed by atoms with van der Waals surface area (Å²) in [7, 11) is 1.79. The molecule has 38 heavy (non-hydrogen) atoms. The molecule has 1 amide bonds. The number of carbonyl (C=O) groups excluding carboxylic acids is 1. The first-order valence-corrected chi connectivity index (χ1v) is 12.1. The number of aryl methyl sites for hydroxylation is 1. The monoisotopic (exact) mass is 527 g/mol. The van der Waals surface area contributed by atoms with Crippen LogP contribution in [0.3, 0.4) is 0 Å². The van der Waals surface area contributed by atoms with E-state index in [1.807, 2.05) is 68.1 Å². The van der Waals surface area contributed by atoms with Crippen LogP contribution in [0.15, 0.2) is 55.2 Å². The van der Waals surface area contributed by atoms with Gasteiger partial charge in [0.05, 0.1) is 29.9 Å². The van der Waals surface area contributed by atoms with E-state index in [1.54, 1.807) is 17.9 Å². The van der Waals surface area contributed by atoms with Gasteiger partial charge in [0, 0.05) is 29.5 Å². The third-order valence-electron chi connectivity index (χ3n) is 6.61. The molecule has 12 heteroatoms. The van der Waals surface area contributed by atoms with E-state index in [0.717, 1.165) is 11.3 Å². The van der Waals surface area contributed by atoms with Crippen molar-refractivity contribution in [2.75, 3.05) is 11.4 Å². The molecule has 0 radical (unpaired) electrons. The molecule has 9 nitrogen and oxygen atoms in total. The number of hydrogen-bond acceptors (Lipinski definition) is 6. The van der Waals surface area contributed by atoms with Gasteiger partial charge >= 0.3 is 6.09 Å². The van der Waals surface area contributed by atoms with Crippen LogP contribution in [0.5, 0.6) is 0 Å². The lowest BCUT2D eigenvalue weighted by Gasteiger charge is -2.47.